The molecule has 0 aromatic heterocycles. The van der Waals surface area contributed by atoms with Crippen LogP contribution in [0.1, 0.15) is 68.2 Å². The number of methoxy groups -OCH3 is 1. The normalized spacial score (nSPS) is 15.4. The molecule has 1 unspecified atom stereocenters. The van der Waals surface area contributed by atoms with E-state index in [4.69, 9.17) is 14.9 Å². The van der Waals surface area contributed by atoms with Crippen LogP contribution in [0.5, 0.6) is 5.75 Å². The summed E-state index contributed by atoms with van der Waals surface area (Å²) >= 11 is 3.66. The zero-order valence-corrected chi connectivity index (χ0v) is 24.6. The summed E-state index contributed by atoms with van der Waals surface area (Å²) in [5.74, 6) is -0.838. The molecule has 41 heavy (non-hydrogen) atoms. The molecule has 0 amide bonds. The van der Waals surface area contributed by atoms with Crippen LogP contribution in [0.4, 0.5) is 0 Å². The summed E-state index contributed by atoms with van der Waals surface area (Å²) in [5.41, 5.74) is 7.98. The van der Waals surface area contributed by atoms with Crippen LogP contribution in [0.25, 0.3) is 16.3 Å². The van der Waals surface area contributed by atoms with Crippen LogP contribution >= 0.6 is 15.9 Å². The van der Waals surface area contributed by atoms with Crippen LogP contribution in [-0.2, 0) is 6.42 Å². The summed E-state index contributed by atoms with van der Waals surface area (Å²) in [6, 6.07) is 24.0. The smallest absolute Gasteiger partial charge is 0.335 e. The van der Waals surface area contributed by atoms with Crippen LogP contribution < -0.4 is 4.74 Å². The number of carboxylic acid groups (broad SMARTS) is 2. The monoisotopic (exact) mass is 610 g/mol. The predicted molar refractivity (Wildman–Crippen MR) is 166 cm³/mol. The van der Waals surface area contributed by atoms with Crippen molar-refractivity contribution in [2.24, 2.45) is 0 Å². The first-order chi connectivity index (χ1) is 19.8. The maximum atomic E-state index is 10.6. The van der Waals surface area contributed by atoms with Gasteiger partial charge in [-0.15, -0.1) is 0 Å². The van der Waals surface area contributed by atoms with Gasteiger partial charge in [0.25, 0.3) is 0 Å². The molecule has 0 saturated heterocycles. The third-order valence-corrected chi connectivity index (χ3v) is 8.47. The number of hydrogen-bond donors (Lipinski definition) is 2. The summed E-state index contributed by atoms with van der Waals surface area (Å²) in [6.07, 6.45) is 9.25. The second kappa shape index (κ2) is 12.1. The fraction of sp³-hybridized carbons (Fsp3) is 0.200. The van der Waals surface area contributed by atoms with E-state index in [-0.39, 0.29) is 11.1 Å². The lowest BCUT2D eigenvalue weighted by atomic mass is 9.72. The van der Waals surface area contributed by atoms with Gasteiger partial charge in [0.2, 0.25) is 0 Å². The maximum absolute atomic E-state index is 10.6. The number of fused-ring (bicyclic) bond motifs is 4. The Kier molecular flexibility index (Phi) is 8.41. The van der Waals surface area contributed by atoms with Crippen molar-refractivity contribution in [1.82, 2.24) is 0 Å². The van der Waals surface area contributed by atoms with E-state index >= 15 is 0 Å². The highest BCUT2D eigenvalue weighted by molar-refractivity contribution is 9.10. The molecule has 2 aliphatic rings. The Balaban J connectivity index is 0.000000219. The lowest BCUT2D eigenvalue weighted by Crippen LogP contribution is -2.15. The second-order valence-electron chi connectivity index (χ2n) is 10.4. The van der Waals surface area contributed by atoms with E-state index in [1.54, 1.807) is 19.6 Å². The van der Waals surface area contributed by atoms with Crippen molar-refractivity contribution < 1.29 is 24.5 Å². The molecule has 6 rings (SSSR count). The number of aryl methyl sites for hydroxylation is 1. The first-order valence-electron chi connectivity index (χ1n) is 13.6. The zero-order chi connectivity index (χ0) is 29.1. The summed E-state index contributed by atoms with van der Waals surface area (Å²) in [7, 11) is 1.72. The molecular formula is C35H31BrO5. The number of halogens is 1. The number of benzene rings is 4. The summed E-state index contributed by atoms with van der Waals surface area (Å²) in [4.78, 5) is 21.1. The molecule has 0 bridgehead atoms. The van der Waals surface area contributed by atoms with Gasteiger partial charge in [0.1, 0.15) is 5.75 Å². The van der Waals surface area contributed by atoms with Crippen molar-refractivity contribution in [3.63, 3.8) is 0 Å². The van der Waals surface area contributed by atoms with Gasteiger partial charge >= 0.3 is 11.9 Å². The van der Waals surface area contributed by atoms with Crippen LogP contribution in [0.15, 0.2) is 95.0 Å². The number of aromatic carboxylic acids is 2. The molecule has 0 spiro atoms. The van der Waals surface area contributed by atoms with Gasteiger partial charge in [-0.1, -0.05) is 66.3 Å². The standard InChI is InChI=1S/C26H23BrO.C9H8O4/c1-28-25-13-10-17(15-24(25)27)14-20-16-19-7-3-4-8-21(19)23-12-11-18-6-2-5-9-22(18)26(20)23;1-5-2-3-6(8(10)11)4-7(5)9(12)13/h2,4-6,8-13,15,20H,3,7,14,16H2,1H3;2-4H,1H3,(H,10,11)(H,12,13). The van der Waals surface area contributed by atoms with Crippen molar-refractivity contribution in [3.8, 4) is 5.75 Å². The van der Waals surface area contributed by atoms with Crippen molar-refractivity contribution in [2.75, 3.05) is 7.11 Å². The molecule has 208 valence electrons. The van der Waals surface area contributed by atoms with Crippen LogP contribution in [-0.4, -0.2) is 29.3 Å². The van der Waals surface area contributed by atoms with Crippen molar-refractivity contribution in [2.45, 2.75) is 38.5 Å². The fourth-order valence-electron chi connectivity index (χ4n) is 5.85. The first kappa shape index (κ1) is 28.4. The molecule has 0 fully saturated rings. The number of allylic oxidation sites excluding steroid dienone is 4. The van der Waals surface area contributed by atoms with Crippen LogP contribution in [0, 0.1) is 6.92 Å². The highest BCUT2D eigenvalue weighted by Crippen LogP contribution is 2.46. The van der Waals surface area contributed by atoms with Crippen molar-refractivity contribution in [1.29, 1.82) is 0 Å². The molecular weight excluding hydrogens is 580 g/mol. The van der Waals surface area contributed by atoms with Gasteiger partial charge in [-0.3, -0.25) is 0 Å². The Bertz CT molecular complexity index is 1720. The molecule has 5 nitrogen and oxygen atoms in total. The van der Waals surface area contributed by atoms with Gasteiger partial charge in [-0.2, -0.15) is 0 Å². The average molecular weight is 612 g/mol. The van der Waals surface area contributed by atoms with Crippen molar-refractivity contribution >= 4 is 44.2 Å². The zero-order valence-electron chi connectivity index (χ0n) is 23.0. The largest absolute Gasteiger partial charge is 0.496 e. The molecule has 0 radical (unpaired) electrons. The Morgan fingerprint density at radius 1 is 0.976 bits per heavy atom. The topological polar surface area (TPSA) is 83.8 Å². The lowest BCUT2D eigenvalue weighted by Gasteiger charge is -2.32. The molecule has 1 atom stereocenters. The van der Waals surface area contributed by atoms with Gasteiger partial charge in [0.05, 0.1) is 22.7 Å². The molecule has 0 aliphatic heterocycles. The number of ether oxygens (including phenoxy) is 1. The Morgan fingerprint density at radius 2 is 1.78 bits per heavy atom. The van der Waals surface area contributed by atoms with E-state index in [9.17, 15) is 9.59 Å². The molecule has 6 heteroatoms. The summed E-state index contributed by atoms with van der Waals surface area (Å²) < 4.78 is 6.44. The SMILES string of the molecule is COc1ccc(CC2CC3=C(C=CCC3)c3ccc4ccccc4c32)cc1Br.Cc1ccc(C(=O)O)cc1C(=O)O. The third-order valence-electron chi connectivity index (χ3n) is 7.85. The van der Waals surface area contributed by atoms with E-state index in [0.29, 0.717) is 11.5 Å². The minimum absolute atomic E-state index is 0.0111. The fourth-order valence-corrected chi connectivity index (χ4v) is 6.44. The van der Waals surface area contributed by atoms with Crippen molar-refractivity contribution in [3.05, 3.63) is 128 Å². The van der Waals surface area contributed by atoms with Gasteiger partial charge in [-0.05, 0) is 117 Å². The minimum atomic E-state index is -1.12. The van der Waals surface area contributed by atoms with E-state index in [0.717, 1.165) is 29.1 Å². The Morgan fingerprint density at radius 3 is 2.51 bits per heavy atom. The van der Waals surface area contributed by atoms with E-state index in [2.05, 4.69) is 82.7 Å². The third kappa shape index (κ3) is 5.98. The van der Waals surface area contributed by atoms with E-state index in [1.807, 2.05) is 0 Å². The first-order valence-corrected chi connectivity index (χ1v) is 14.4. The number of carboxylic acids is 2. The highest BCUT2D eigenvalue weighted by atomic mass is 79.9. The second-order valence-corrected chi connectivity index (χ2v) is 11.3. The molecule has 2 N–H and O–H groups in total. The highest BCUT2D eigenvalue weighted by Gasteiger charge is 2.28. The Hall–Kier alpha value is -4.16. The minimum Gasteiger partial charge on any atom is -0.496 e. The van der Waals surface area contributed by atoms with Gasteiger partial charge in [-0.25, -0.2) is 9.59 Å². The van der Waals surface area contributed by atoms with Gasteiger partial charge in [0.15, 0.2) is 0 Å². The van der Waals surface area contributed by atoms with E-state index in [1.165, 1.54) is 58.0 Å². The van der Waals surface area contributed by atoms with Crippen LogP contribution in [0.2, 0.25) is 0 Å². The average Bonchev–Trinajstić information content (AvgIpc) is 2.97. The predicted octanol–water partition coefficient (Wildman–Crippen LogP) is 8.84. The molecule has 4 aromatic rings. The van der Waals surface area contributed by atoms with Crippen LogP contribution in [0.3, 0.4) is 0 Å². The molecule has 2 aliphatic carbocycles. The number of carbonyl (C=O) groups is 2. The number of hydrogen-bond acceptors (Lipinski definition) is 3. The molecule has 4 aromatic carbocycles. The summed E-state index contributed by atoms with van der Waals surface area (Å²) in [6.45, 7) is 1.62. The van der Waals surface area contributed by atoms with Gasteiger partial charge in [0, 0.05) is 0 Å². The lowest BCUT2D eigenvalue weighted by molar-refractivity contribution is 0.0695. The number of rotatable bonds is 5. The van der Waals surface area contributed by atoms with E-state index < -0.39 is 11.9 Å². The maximum Gasteiger partial charge on any atom is 0.335 e. The summed E-state index contributed by atoms with van der Waals surface area (Å²) in [5, 5.41) is 20.0. The molecule has 0 heterocycles. The quantitative estimate of drug-likeness (QED) is 0.236. The van der Waals surface area contributed by atoms with Gasteiger partial charge < -0.3 is 14.9 Å². The molecule has 0 saturated carbocycles. The Labute approximate surface area is 247 Å².